The molecule has 3 aromatic rings. The third-order valence-electron chi connectivity index (χ3n) is 5.85. The monoisotopic (exact) mass is 575 g/mol. The number of rotatable bonds is 9. The number of nitrogens with zero attached hydrogens (tertiary/aromatic N) is 2. The molecule has 0 spiro atoms. The lowest BCUT2D eigenvalue weighted by molar-refractivity contribution is -0.158. The molecule has 0 aliphatic carbocycles. The molecule has 0 saturated heterocycles. The molecule has 3 aromatic carbocycles. The predicted molar refractivity (Wildman–Crippen MR) is 168 cm³/mol. The number of hydrazine groups is 1. The quantitative estimate of drug-likeness (QED) is 0.0538. The van der Waals surface area contributed by atoms with Crippen molar-refractivity contribution in [1.82, 2.24) is 5.12 Å². The smallest absolute Gasteiger partial charge is 0.313 e. The van der Waals surface area contributed by atoms with Crippen molar-refractivity contribution < 1.29 is 14.3 Å². The molecule has 0 aliphatic heterocycles. The minimum Gasteiger partial charge on any atom is -0.441 e. The van der Waals surface area contributed by atoms with E-state index in [9.17, 15) is 9.59 Å². The van der Waals surface area contributed by atoms with Crippen molar-refractivity contribution in [2.75, 3.05) is 12.0 Å². The number of carbonyl (C=O) groups is 2. The van der Waals surface area contributed by atoms with Gasteiger partial charge in [0, 0.05) is 15.2 Å². The van der Waals surface area contributed by atoms with Crippen LogP contribution in [0.3, 0.4) is 0 Å². The molecule has 0 saturated carbocycles. The van der Waals surface area contributed by atoms with Crippen LogP contribution in [0, 0.1) is 12.3 Å². The second-order valence-corrected chi connectivity index (χ2v) is 13.8. The molecular weight excluding hydrogens is 534 g/mol. The molecular formula is C32H41N5O3S. The number of amides is 1. The van der Waals surface area contributed by atoms with Gasteiger partial charge in [0.15, 0.2) is 12.6 Å². The van der Waals surface area contributed by atoms with Crippen LogP contribution in [0.4, 0.5) is 5.69 Å². The summed E-state index contributed by atoms with van der Waals surface area (Å²) in [5.74, 6) is 5.63. The van der Waals surface area contributed by atoms with Crippen LogP contribution in [0.25, 0.3) is 11.1 Å². The van der Waals surface area contributed by atoms with Crippen LogP contribution in [0.15, 0.2) is 76.7 Å². The summed E-state index contributed by atoms with van der Waals surface area (Å²) in [6.45, 7) is 13.5. The third-order valence-corrected chi connectivity index (χ3v) is 7.03. The number of amidine groups is 1. The number of nitrogens with one attached hydrogen (secondary N) is 1. The summed E-state index contributed by atoms with van der Waals surface area (Å²) in [5, 5.41) is 8.36. The Bertz CT molecular complexity index is 1410. The Balaban J connectivity index is 1.90. The largest absolute Gasteiger partial charge is 0.441 e. The van der Waals surface area contributed by atoms with Gasteiger partial charge in [0.1, 0.15) is 0 Å². The maximum Gasteiger partial charge on any atom is 0.313 e. The van der Waals surface area contributed by atoms with Gasteiger partial charge in [-0.15, -0.1) is 16.9 Å². The van der Waals surface area contributed by atoms with Crippen LogP contribution in [-0.4, -0.2) is 34.3 Å². The van der Waals surface area contributed by atoms with E-state index in [4.69, 9.17) is 16.3 Å². The Morgan fingerprint density at radius 1 is 0.976 bits per heavy atom. The van der Waals surface area contributed by atoms with Crippen molar-refractivity contribution in [2.24, 2.45) is 22.1 Å². The Hall–Kier alpha value is -3.82. The van der Waals surface area contributed by atoms with Crippen LogP contribution in [0.2, 0.25) is 0 Å². The molecule has 0 heterocycles. The summed E-state index contributed by atoms with van der Waals surface area (Å²) < 4.78 is 5.17. The number of thioether (sulfide) groups is 1. The lowest BCUT2D eigenvalue weighted by Crippen LogP contribution is -2.35. The fourth-order valence-electron chi connectivity index (χ4n) is 3.82. The lowest BCUT2D eigenvalue weighted by atomic mass is 9.98. The molecule has 0 aliphatic rings. The van der Waals surface area contributed by atoms with E-state index in [1.807, 2.05) is 73.7 Å². The first kappa shape index (κ1) is 31.7. The van der Waals surface area contributed by atoms with E-state index in [0.29, 0.717) is 5.56 Å². The second kappa shape index (κ2) is 13.2. The normalized spacial score (nSPS) is 12.1. The van der Waals surface area contributed by atoms with Crippen molar-refractivity contribution in [2.45, 2.75) is 64.5 Å². The SMILES string of the molecule is Cc1ccc(CC(=O)Nc2cc(-c3ccccc3/C(N)=N/N(N)COC(=O)C(C)(C)C)ccc2SC(C)(C)C)cc1. The van der Waals surface area contributed by atoms with Crippen LogP contribution in [-0.2, 0) is 20.7 Å². The summed E-state index contributed by atoms with van der Waals surface area (Å²) in [5.41, 5.74) is 10.8. The molecule has 8 nitrogen and oxygen atoms in total. The molecule has 0 atom stereocenters. The molecule has 0 unspecified atom stereocenters. The molecule has 0 radical (unpaired) electrons. The maximum atomic E-state index is 13.1. The summed E-state index contributed by atoms with van der Waals surface area (Å²) in [6, 6.07) is 21.5. The number of carbonyl (C=O) groups excluding carboxylic acids is 2. The van der Waals surface area contributed by atoms with E-state index >= 15 is 0 Å². The Morgan fingerprint density at radius 3 is 2.27 bits per heavy atom. The van der Waals surface area contributed by atoms with Crippen molar-refractivity contribution in [3.8, 4) is 11.1 Å². The van der Waals surface area contributed by atoms with Gasteiger partial charge in [-0.3, -0.25) is 9.59 Å². The number of hydrogen-bond donors (Lipinski definition) is 3. The number of aryl methyl sites for hydroxylation is 1. The highest BCUT2D eigenvalue weighted by molar-refractivity contribution is 8.00. The van der Waals surface area contributed by atoms with E-state index in [-0.39, 0.29) is 29.6 Å². The zero-order chi connectivity index (χ0) is 30.4. The fraction of sp³-hybridized carbons (Fsp3) is 0.344. The fourth-order valence-corrected chi connectivity index (χ4v) is 4.84. The van der Waals surface area contributed by atoms with Crippen LogP contribution >= 0.6 is 11.8 Å². The van der Waals surface area contributed by atoms with Crippen molar-refractivity contribution in [1.29, 1.82) is 0 Å². The summed E-state index contributed by atoms with van der Waals surface area (Å²) in [6.07, 6.45) is 0.270. The van der Waals surface area contributed by atoms with Crippen molar-refractivity contribution >= 4 is 35.2 Å². The van der Waals surface area contributed by atoms with E-state index in [1.165, 1.54) is 0 Å². The topological polar surface area (TPSA) is 123 Å². The second-order valence-electron chi connectivity index (χ2n) is 11.9. The van der Waals surface area contributed by atoms with E-state index < -0.39 is 11.4 Å². The molecule has 218 valence electrons. The van der Waals surface area contributed by atoms with Gasteiger partial charge in [0.25, 0.3) is 0 Å². The Kier molecular flexibility index (Phi) is 10.2. The van der Waals surface area contributed by atoms with Gasteiger partial charge < -0.3 is 15.8 Å². The lowest BCUT2D eigenvalue weighted by Gasteiger charge is -2.21. The van der Waals surface area contributed by atoms with Gasteiger partial charge in [0.2, 0.25) is 5.91 Å². The van der Waals surface area contributed by atoms with Gasteiger partial charge in [0.05, 0.1) is 17.5 Å². The Morgan fingerprint density at radius 2 is 1.63 bits per heavy atom. The number of anilines is 1. The van der Waals surface area contributed by atoms with Gasteiger partial charge in [-0.25, -0.2) is 5.84 Å². The average molecular weight is 576 g/mol. The van der Waals surface area contributed by atoms with Crippen molar-refractivity contribution in [3.63, 3.8) is 0 Å². The highest BCUT2D eigenvalue weighted by atomic mass is 32.2. The van der Waals surface area contributed by atoms with E-state index in [1.54, 1.807) is 32.5 Å². The number of benzene rings is 3. The van der Waals surface area contributed by atoms with Crippen molar-refractivity contribution in [3.05, 3.63) is 83.4 Å². The van der Waals surface area contributed by atoms with E-state index in [2.05, 4.69) is 31.2 Å². The predicted octanol–water partition coefficient (Wildman–Crippen LogP) is 6.08. The first-order chi connectivity index (χ1) is 19.1. The Labute approximate surface area is 247 Å². The van der Waals surface area contributed by atoms with Crippen LogP contribution in [0.5, 0.6) is 0 Å². The van der Waals surface area contributed by atoms with Gasteiger partial charge >= 0.3 is 5.97 Å². The standard InChI is InChI=1S/C32H41N5O3S/c1-21-12-14-22(15-13-21)18-28(38)35-26-19-23(16-17-27(26)41-32(5,6)7)24-10-8-9-11-25(24)29(33)36-37(34)20-40-30(39)31(2,3)4/h8-17,19H,18,20,34H2,1-7H3,(H2,33,36)(H,35,38). The minimum absolute atomic E-state index is 0.0615. The molecule has 3 rings (SSSR count). The zero-order valence-electron chi connectivity index (χ0n) is 24.9. The first-order valence-corrected chi connectivity index (χ1v) is 14.3. The molecule has 9 heteroatoms. The molecule has 1 amide bonds. The number of hydrazone groups is 1. The van der Waals surface area contributed by atoms with Crippen LogP contribution < -0.4 is 16.9 Å². The zero-order valence-corrected chi connectivity index (χ0v) is 25.8. The highest BCUT2D eigenvalue weighted by Crippen LogP contribution is 2.39. The minimum atomic E-state index is -0.659. The van der Waals surface area contributed by atoms with Crippen LogP contribution in [0.1, 0.15) is 58.2 Å². The number of ether oxygens (including phenoxy) is 1. The van der Waals surface area contributed by atoms with Gasteiger partial charge in [-0.05, 0) is 56.5 Å². The third kappa shape index (κ3) is 9.65. The number of esters is 1. The summed E-state index contributed by atoms with van der Waals surface area (Å²) in [7, 11) is 0. The molecule has 0 bridgehead atoms. The molecule has 0 fully saturated rings. The van der Waals surface area contributed by atoms with Gasteiger partial charge in [-0.2, -0.15) is 5.12 Å². The molecule has 5 N–H and O–H groups in total. The average Bonchev–Trinajstić information content (AvgIpc) is 2.88. The maximum absolute atomic E-state index is 13.1. The number of nitrogens with two attached hydrogens (primary N) is 2. The van der Waals surface area contributed by atoms with E-state index in [0.717, 1.165) is 38.0 Å². The first-order valence-electron chi connectivity index (χ1n) is 13.4. The summed E-state index contributed by atoms with van der Waals surface area (Å²) in [4.78, 5) is 26.1. The molecule has 41 heavy (non-hydrogen) atoms. The number of hydrogen-bond acceptors (Lipinski definition) is 7. The molecule has 0 aromatic heterocycles. The highest BCUT2D eigenvalue weighted by Gasteiger charge is 2.23. The van der Waals surface area contributed by atoms with Gasteiger partial charge in [-0.1, -0.05) is 80.9 Å². The summed E-state index contributed by atoms with van der Waals surface area (Å²) >= 11 is 1.68.